The molecule has 0 heterocycles. The average molecular weight is 474 g/mol. The Morgan fingerprint density at radius 1 is 1.00 bits per heavy atom. The van der Waals surface area contributed by atoms with Gasteiger partial charge in [0, 0.05) is 33.8 Å². The van der Waals surface area contributed by atoms with Crippen molar-refractivity contribution in [1.29, 1.82) is 0 Å². The van der Waals surface area contributed by atoms with Gasteiger partial charge in [-0.1, -0.05) is 115 Å². The Hall–Kier alpha value is 0.555. The molecule has 0 unspecified atom stereocenters. The number of rotatable bonds is 7. The van der Waals surface area contributed by atoms with Crippen molar-refractivity contribution in [2.45, 2.75) is 85.1 Å². The second-order valence-corrected chi connectivity index (χ2v) is 46.4. The fourth-order valence-corrected chi connectivity index (χ4v) is 88.3. The number of nitrogens with zero attached hydrogens (tertiary/aromatic N) is 1. The minimum Gasteiger partial charge on any atom is -0.284 e. The first kappa shape index (κ1) is 29.8. The van der Waals surface area contributed by atoms with Crippen molar-refractivity contribution in [3.8, 4) is 0 Å². The number of unbranched alkanes of at least 4 members (excludes halogenated alkanes) is 1. The van der Waals surface area contributed by atoms with Gasteiger partial charge in [-0.05, 0) is 12.5 Å². The monoisotopic (exact) mass is 473 g/mol. The first-order chi connectivity index (χ1) is 11.7. The third kappa shape index (κ3) is 8.44. The molecule has 0 aromatic heterocycles. The molecular formula is C21H44NPSi3Ti. The Morgan fingerprint density at radius 2 is 1.48 bits per heavy atom. The van der Waals surface area contributed by atoms with Crippen LogP contribution in [-0.4, -0.2) is 23.2 Å². The third-order valence-corrected chi connectivity index (χ3v) is 65.7. The maximum absolute atomic E-state index is 5.62. The van der Waals surface area contributed by atoms with Crippen LogP contribution in [0.2, 0.25) is 58.9 Å². The summed E-state index contributed by atoms with van der Waals surface area (Å²) >= 11 is 0. The second kappa shape index (κ2) is 12.3. The standard InChI is InChI=1S/C14H32NPSi3.C7H12.Ti/c1-17(2,3)16(18(4,5)6,19(7,8)9)15-14-12-10-11-13-14;1-3-5-7-6-4-2;/h10-12H,13H2,1-9H3;3,5,7H,1,4,6H2,2H3;. The Kier molecular flexibility index (Phi) is 13.5. The summed E-state index contributed by atoms with van der Waals surface area (Å²) in [5.74, 6) is 0. The maximum Gasteiger partial charge on any atom is 0.0843 e. The van der Waals surface area contributed by atoms with Crippen LogP contribution in [-0.2, 0) is 21.7 Å². The molecule has 0 saturated heterocycles. The Morgan fingerprint density at radius 3 is 1.78 bits per heavy atom. The SMILES string of the molecule is C=CC=CCCC.C[Si](C)(C)P(=NC1=CC=CC1)([Si](C)(C)C)[Si](C)(C)C.[Ti]. The largest absolute Gasteiger partial charge is 0.284 e. The van der Waals surface area contributed by atoms with Gasteiger partial charge >= 0.3 is 0 Å². The molecule has 0 aromatic carbocycles. The Bertz CT molecular complexity index is 558. The van der Waals surface area contributed by atoms with E-state index in [1.54, 1.807) is 6.08 Å². The minimum absolute atomic E-state index is 0. The summed E-state index contributed by atoms with van der Waals surface area (Å²) in [5.41, 5.74) is 0.212. The Labute approximate surface area is 188 Å². The quantitative estimate of drug-likeness (QED) is 0.199. The van der Waals surface area contributed by atoms with Gasteiger partial charge in [-0.2, -0.15) is 0 Å². The van der Waals surface area contributed by atoms with E-state index in [2.05, 4.69) is 96.7 Å². The summed E-state index contributed by atoms with van der Waals surface area (Å²) in [4.78, 5) is 0. The van der Waals surface area contributed by atoms with Gasteiger partial charge in [-0.15, -0.1) is 0 Å². The summed E-state index contributed by atoms with van der Waals surface area (Å²) in [7, 11) is -3.83. The van der Waals surface area contributed by atoms with Gasteiger partial charge in [0.2, 0.25) is 0 Å². The van der Waals surface area contributed by atoms with Crippen molar-refractivity contribution in [2.24, 2.45) is 4.74 Å². The molecule has 0 N–H and O–H groups in total. The van der Waals surface area contributed by atoms with Crippen LogP contribution in [0.15, 0.2) is 53.5 Å². The van der Waals surface area contributed by atoms with Crippen LogP contribution in [0.4, 0.5) is 0 Å². The fraction of sp³-hybridized carbons (Fsp3) is 0.619. The molecule has 1 aliphatic carbocycles. The van der Waals surface area contributed by atoms with E-state index in [0.717, 1.165) is 6.42 Å². The molecule has 154 valence electrons. The van der Waals surface area contributed by atoms with Crippen molar-refractivity contribution in [2.75, 3.05) is 0 Å². The fourth-order valence-electron chi connectivity index (χ4n) is 4.53. The third-order valence-electron chi connectivity index (χ3n) is 4.67. The summed E-state index contributed by atoms with van der Waals surface area (Å²) < 4.78 is 5.62. The molecule has 1 nitrogen and oxygen atoms in total. The molecule has 0 atom stereocenters. The zero-order valence-electron chi connectivity index (χ0n) is 19.7. The van der Waals surface area contributed by atoms with Crippen LogP contribution in [0.5, 0.6) is 0 Å². The van der Waals surface area contributed by atoms with Crippen LogP contribution in [0.3, 0.4) is 0 Å². The maximum atomic E-state index is 5.62. The normalized spacial score (nSPS) is 15.0. The molecule has 27 heavy (non-hydrogen) atoms. The molecule has 0 aliphatic heterocycles. The van der Waals surface area contributed by atoms with Gasteiger partial charge in [0.25, 0.3) is 0 Å². The van der Waals surface area contributed by atoms with E-state index in [4.69, 9.17) is 4.74 Å². The van der Waals surface area contributed by atoms with Gasteiger partial charge < -0.3 is 0 Å². The smallest absolute Gasteiger partial charge is 0.0843 e. The predicted molar refractivity (Wildman–Crippen MR) is 135 cm³/mol. The van der Waals surface area contributed by atoms with E-state index in [1.807, 2.05) is 6.08 Å². The van der Waals surface area contributed by atoms with E-state index in [9.17, 15) is 0 Å². The molecule has 0 radical (unpaired) electrons. The van der Waals surface area contributed by atoms with Crippen molar-refractivity contribution >= 4 is 28.9 Å². The summed E-state index contributed by atoms with van der Waals surface area (Å²) in [6.45, 7) is 29.0. The van der Waals surface area contributed by atoms with E-state index in [1.165, 1.54) is 18.5 Å². The predicted octanol–water partition coefficient (Wildman–Crippen LogP) is 9.06. The van der Waals surface area contributed by atoms with Crippen molar-refractivity contribution in [3.05, 3.63) is 48.7 Å². The number of hydrogen-bond donors (Lipinski definition) is 0. The van der Waals surface area contributed by atoms with Gasteiger partial charge in [0.05, 0.1) is 23.2 Å². The molecule has 0 bridgehead atoms. The first-order valence-corrected chi connectivity index (χ1v) is 24.8. The molecule has 6 heteroatoms. The zero-order valence-corrected chi connectivity index (χ0v) is 25.1. The molecule has 1 aliphatic rings. The van der Waals surface area contributed by atoms with Crippen LogP contribution >= 0.6 is 5.70 Å². The Balaban J connectivity index is 0. The summed E-state index contributed by atoms with van der Waals surface area (Å²) in [5, 5.41) is 0. The van der Waals surface area contributed by atoms with Crippen LogP contribution < -0.4 is 0 Å². The minimum atomic E-state index is -1.28. The number of hydrogen-bond acceptors (Lipinski definition) is 1. The van der Waals surface area contributed by atoms with Crippen molar-refractivity contribution in [3.63, 3.8) is 0 Å². The molecule has 0 saturated carbocycles. The number of allylic oxidation sites excluding steroid dienone is 6. The van der Waals surface area contributed by atoms with Crippen molar-refractivity contribution < 1.29 is 21.7 Å². The van der Waals surface area contributed by atoms with Gasteiger partial charge in [-0.3, -0.25) is 4.74 Å². The molecule has 0 aromatic rings. The summed E-state index contributed by atoms with van der Waals surface area (Å²) in [6.07, 6.45) is 16.1. The second-order valence-electron chi connectivity index (χ2n) is 9.99. The first-order valence-electron chi connectivity index (χ1n) is 10.0. The van der Waals surface area contributed by atoms with Gasteiger partial charge in [0.15, 0.2) is 0 Å². The van der Waals surface area contributed by atoms with E-state index >= 15 is 0 Å². The summed E-state index contributed by atoms with van der Waals surface area (Å²) in [6, 6.07) is 0. The topological polar surface area (TPSA) is 12.4 Å². The van der Waals surface area contributed by atoms with Crippen LogP contribution in [0, 0.1) is 0 Å². The molecular weight excluding hydrogens is 429 g/mol. The van der Waals surface area contributed by atoms with E-state index < -0.39 is 28.9 Å². The average Bonchev–Trinajstić information content (AvgIpc) is 2.95. The van der Waals surface area contributed by atoms with Gasteiger partial charge in [-0.25, -0.2) is 0 Å². The molecule has 0 amide bonds. The van der Waals surface area contributed by atoms with E-state index in [0.29, 0.717) is 0 Å². The zero-order chi connectivity index (χ0) is 20.6. The van der Waals surface area contributed by atoms with Crippen LogP contribution in [0.25, 0.3) is 0 Å². The molecule has 0 spiro atoms. The molecule has 0 fully saturated rings. The van der Waals surface area contributed by atoms with Crippen molar-refractivity contribution in [1.82, 2.24) is 0 Å². The molecule has 1 rings (SSSR count). The van der Waals surface area contributed by atoms with Gasteiger partial charge in [0.1, 0.15) is 0 Å². The van der Waals surface area contributed by atoms with E-state index in [-0.39, 0.29) is 21.7 Å². The van der Waals surface area contributed by atoms with Crippen LogP contribution in [0.1, 0.15) is 26.2 Å².